The molecule has 116 valence electrons. The Morgan fingerprint density at radius 1 is 1.38 bits per heavy atom. The van der Waals surface area contributed by atoms with Crippen LogP contribution >= 0.6 is 15.9 Å². The summed E-state index contributed by atoms with van der Waals surface area (Å²) in [4.78, 5) is 0. The molecule has 1 saturated carbocycles. The first-order valence-corrected chi connectivity index (χ1v) is 10.1. The van der Waals surface area contributed by atoms with Crippen LogP contribution in [0.15, 0.2) is 16.6 Å². The molecule has 4 nitrogen and oxygen atoms in total. The molecule has 1 aromatic rings. The molecule has 0 radical (unpaired) electrons. The average molecular weight is 374 g/mol. The fraction of sp³-hybridized carbons (Fsp3) is 0.600. The van der Waals surface area contributed by atoms with Crippen molar-refractivity contribution in [2.45, 2.75) is 43.5 Å². The molecule has 1 aliphatic carbocycles. The van der Waals surface area contributed by atoms with Gasteiger partial charge >= 0.3 is 0 Å². The summed E-state index contributed by atoms with van der Waals surface area (Å²) in [7, 11) is -2.98. The highest BCUT2D eigenvalue weighted by molar-refractivity contribution is 9.10. The van der Waals surface area contributed by atoms with Gasteiger partial charge < -0.3 is 10.1 Å². The maximum absolute atomic E-state index is 11.8. The van der Waals surface area contributed by atoms with Crippen molar-refractivity contribution in [1.29, 1.82) is 0 Å². The van der Waals surface area contributed by atoms with Crippen molar-refractivity contribution in [3.63, 3.8) is 0 Å². The Labute approximate surface area is 134 Å². The number of benzene rings is 1. The quantitative estimate of drug-likeness (QED) is 0.880. The fourth-order valence-electron chi connectivity index (χ4n) is 3.39. The molecule has 6 heteroatoms. The summed E-state index contributed by atoms with van der Waals surface area (Å²) in [6.45, 7) is 1.38. The third-order valence-corrected chi connectivity index (χ3v) is 6.50. The zero-order chi connectivity index (χ0) is 15.0. The van der Waals surface area contributed by atoms with Crippen molar-refractivity contribution >= 4 is 25.8 Å². The molecule has 1 heterocycles. The third-order valence-electron chi connectivity index (χ3n) is 4.38. The van der Waals surface area contributed by atoms with Gasteiger partial charge in [-0.3, -0.25) is 0 Å². The summed E-state index contributed by atoms with van der Waals surface area (Å²) in [6, 6.07) is 4.21. The van der Waals surface area contributed by atoms with E-state index < -0.39 is 9.84 Å². The Morgan fingerprint density at radius 3 is 2.95 bits per heavy atom. The Kier molecular flexibility index (Phi) is 4.30. The van der Waals surface area contributed by atoms with Gasteiger partial charge in [0.1, 0.15) is 5.75 Å². The van der Waals surface area contributed by atoms with Gasteiger partial charge in [-0.05, 0) is 30.5 Å². The Balaban J connectivity index is 1.74. The predicted molar refractivity (Wildman–Crippen MR) is 86.5 cm³/mol. The van der Waals surface area contributed by atoms with Gasteiger partial charge in [0.25, 0.3) is 0 Å². The van der Waals surface area contributed by atoms with Crippen LogP contribution in [0.3, 0.4) is 0 Å². The smallest absolute Gasteiger partial charge is 0.151 e. The highest BCUT2D eigenvalue weighted by Crippen LogP contribution is 2.33. The predicted octanol–water partition coefficient (Wildman–Crippen LogP) is 2.44. The van der Waals surface area contributed by atoms with Crippen LogP contribution in [0.4, 0.5) is 0 Å². The minimum atomic E-state index is -2.98. The SMILES string of the molecule is CS(=O)(=O)C1CCCC1NCc1cc(Br)cc2c1OCC2. The number of hydrogen-bond acceptors (Lipinski definition) is 4. The van der Waals surface area contributed by atoms with Gasteiger partial charge in [-0.1, -0.05) is 22.4 Å². The van der Waals surface area contributed by atoms with Crippen LogP contribution < -0.4 is 10.1 Å². The third kappa shape index (κ3) is 3.27. The van der Waals surface area contributed by atoms with Crippen LogP contribution in [-0.2, 0) is 22.8 Å². The molecule has 2 atom stereocenters. The highest BCUT2D eigenvalue weighted by atomic mass is 79.9. The second-order valence-electron chi connectivity index (χ2n) is 5.94. The molecular formula is C15H20BrNO3S. The molecule has 0 amide bonds. The number of fused-ring (bicyclic) bond motifs is 1. The Hall–Kier alpha value is -0.590. The standard InChI is InChI=1S/C15H20BrNO3S/c1-21(18,19)14-4-2-3-13(14)17-9-11-8-12(16)7-10-5-6-20-15(10)11/h7-8,13-14,17H,2-6,9H2,1H3. The molecule has 0 bridgehead atoms. The van der Waals surface area contributed by atoms with Crippen LogP contribution in [0.1, 0.15) is 30.4 Å². The summed E-state index contributed by atoms with van der Waals surface area (Å²) >= 11 is 3.53. The second kappa shape index (κ2) is 5.89. The largest absolute Gasteiger partial charge is 0.493 e. The van der Waals surface area contributed by atoms with E-state index in [0.717, 1.165) is 48.1 Å². The molecule has 3 rings (SSSR count). The van der Waals surface area contributed by atoms with Gasteiger partial charge in [0.2, 0.25) is 0 Å². The number of hydrogen-bond donors (Lipinski definition) is 1. The summed E-state index contributed by atoms with van der Waals surface area (Å²) in [6.07, 6.45) is 4.95. The zero-order valence-corrected chi connectivity index (χ0v) is 14.5. The van der Waals surface area contributed by atoms with Gasteiger partial charge in [0.15, 0.2) is 9.84 Å². The zero-order valence-electron chi connectivity index (χ0n) is 12.1. The lowest BCUT2D eigenvalue weighted by atomic mass is 10.1. The molecule has 1 N–H and O–H groups in total. The van der Waals surface area contributed by atoms with E-state index >= 15 is 0 Å². The molecule has 0 spiro atoms. The molecule has 21 heavy (non-hydrogen) atoms. The number of rotatable bonds is 4. The van der Waals surface area contributed by atoms with Crippen molar-refractivity contribution < 1.29 is 13.2 Å². The Morgan fingerprint density at radius 2 is 2.19 bits per heavy atom. The molecule has 2 unspecified atom stereocenters. The van der Waals surface area contributed by atoms with E-state index in [9.17, 15) is 8.42 Å². The van der Waals surface area contributed by atoms with E-state index in [1.54, 1.807) is 0 Å². The van der Waals surface area contributed by atoms with Crippen LogP contribution in [0.25, 0.3) is 0 Å². The molecule has 0 saturated heterocycles. The van der Waals surface area contributed by atoms with E-state index in [2.05, 4.69) is 33.4 Å². The number of sulfone groups is 1. The van der Waals surface area contributed by atoms with Crippen molar-refractivity contribution in [2.75, 3.05) is 12.9 Å². The van der Waals surface area contributed by atoms with Gasteiger partial charge in [-0.2, -0.15) is 0 Å². The van der Waals surface area contributed by atoms with Gasteiger partial charge in [0.05, 0.1) is 11.9 Å². The lowest BCUT2D eigenvalue weighted by Gasteiger charge is -2.20. The topological polar surface area (TPSA) is 55.4 Å². The lowest BCUT2D eigenvalue weighted by molar-refractivity contribution is 0.351. The number of halogens is 1. The van der Waals surface area contributed by atoms with Crippen LogP contribution in [-0.4, -0.2) is 32.6 Å². The summed E-state index contributed by atoms with van der Waals surface area (Å²) < 4.78 is 30.4. The highest BCUT2D eigenvalue weighted by Gasteiger charge is 2.34. The normalized spacial score (nSPS) is 24.9. The second-order valence-corrected chi connectivity index (χ2v) is 9.12. The van der Waals surface area contributed by atoms with E-state index in [1.165, 1.54) is 11.8 Å². The summed E-state index contributed by atoms with van der Waals surface area (Å²) in [5.74, 6) is 0.972. The monoisotopic (exact) mass is 373 g/mol. The van der Waals surface area contributed by atoms with Gasteiger partial charge in [-0.15, -0.1) is 0 Å². The van der Waals surface area contributed by atoms with E-state index in [0.29, 0.717) is 6.54 Å². The van der Waals surface area contributed by atoms with Crippen molar-refractivity contribution in [3.05, 3.63) is 27.7 Å². The molecule has 0 aromatic heterocycles. The summed E-state index contributed by atoms with van der Waals surface area (Å²) in [5.41, 5.74) is 2.34. The Bertz CT molecular complexity index is 645. The molecule has 1 fully saturated rings. The van der Waals surface area contributed by atoms with Crippen LogP contribution in [0.2, 0.25) is 0 Å². The van der Waals surface area contributed by atoms with E-state index in [4.69, 9.17) is 4.74 Å². The number of ether oxygens (including phenoxy) is 1. The first-order valence-electron chi connectivity index (χ1n) is 7.31. The van der Waals surface area contributed by atoms with Crippen LogP contribution in [0, 0.1) is 0 Å². The van der Waals surface area contributed by atoms with Gasteiger partial charge in [-0.25, -0.2) is 8.42 Å². The maximum Gasteiger partial charge on any atom is 0.151 e. The molecular weight excluding hydrogens is 354 g/mol. The molecule has 2 aliphatic rings. The fourth-order valence-corrected chi connectivity index (χ4v) is 5.37. The lowest BCUT2D eigenvalue weighted by Crippen LogP contribution is -2.39. The average Bonchev–Trinajstić information content (AvgIpc) is 3.02. The summed E-state index contributed by atoms with van der Waals surface area (Å²) in [5, 5.41) is 3.18. The molecule has 1 aromatic carbocycles. The van der Waals surface area contributed by atoms with Gasteiger partial charge in [0, 0.05) is 35.3 Å². The maximum atomic E-state index is 11.8. The minimum Gasteiger partial charge on any atom is -0.493 e. The minimum absolute atomic E-state index is 0.0519. The van der Waals surface area contributed by atoms with Crippen LogP contribution in [0.5, 0.6) is 5.75 Å². The van der Waals surface area contributed by atoms with Crippen molar-refractivity contribution in [1.82, 2.24) is 5.32 Å². The first kappa shape index (κ1) is 15.3. The number of nitrogens with one attached hydrogen (secondary N) is 1. The molecule has 1 aliphatic heterocycles. The van der Waals surface area contributed by atoms with Crippen molar-refractivity contribution in [3.8, 4) is 5.75 Å². The first-order chi connectivity index (χ1) is 9.95. The van der Waals surface area contributed by atoms with Crippen molar-refractivity contribution in [2.24, 2.45) is 0 Å². The van der Waals surface area contributed by atoms with E-state index in [-0.39, 0.29) is 11.3 Å². The van der Waals surface area contributed by atoms with E-state index in [1.807, 2.05) is 0 Å².